The van der Waals surface area contributed by atoms with Crippen molar-refractivity contribution in [3.05, 3.63) is 12.1 Å². The van der Waals surface area contributed by atoms with E-state index in [0.717, 1.165) is 34.6 Å². The topological polar surface area (TPSA) is 32.3 Å². The highest BCUT2D eigenvalue weighted by atomic mass is 32.2. The van der Waals surface area contributed by atoms with Gasteiger partial charge in [0, 0.05) is 24.6 Å². The van der Waals surface area contributed by atoms with E-state index in [0.29, 0.717) is 0 Å². The molecule has 0 saturated heterocycles. The van der Waals surface area contributed by atoms with Crippen molar-refractivity contribution in [2.24, 2.45) is 0 Å². The Bertz CT molecular complexity index is 294. The van der Waals surface area contributed by atoms with E-state index in [1.54, 1.807) is 23.5 Å². The molecule has 0 aliphatic heterocycles. The Balaban J connectivity index is 2.28. The number of aromatic nitrogens is 2. The molecule has 0 radical (unpaired) electrons. The van der Waals surface area contributed by atoms with Gasteiger partial charge >= 0.3 is 0 Å². The molecule has 0 aromatic carbocycles. The second kappa shape index (κ2) is 8.74. The van der Waals surface area contributed by atoms with Crippen molar-refractivity contribution in [1.29, 1.82) is 0 Å². The summed E-state index contributed by atoms with van der Waals surface area (Å²) in [5.74, 6) is 2.10. The summed E-state index contributed by atoms with van der Waals surface area (Å²) in [4.78, 5) is 4.35. The predicted molar refractivity (Wildman–Crippen MR) is 80.6 cm³/mol. The summed E-state index contributed by atoms with van der Waals surface area (Å²) in [5.41, 5.74) is 0. The van der Waals surface area contributed by atoms with E-state index >= 15 is 0 Å². The molecule has 0 unspecified atom stereocenters. The van der Waals surface area contributed by atoms with E-state index in [-0.39, 0.29) is 0 Å². The Hall–Kier alpha value is -0.300. The van der Waals surface area contributed by atoms with Crippen molar-refractivity contribution in [2.75, 3.05) is 52.8 Å². The number of thioether (sulfide) groups is 2. The van der Waals surface area contributed by atoms with Crippen LogP contribution in [0.1, 0.15) is 0 Å². The van der Waals surface area contributed by atoms with Crippen LogP contribution in [0.2, 0.25) is 0 Å². The van der Waals surface area contributed by atoms with Crippen molar-refractivity contribution in [2.45, 2.75) is 10.1 Å². The fourth-order valence-corrected chi connectivity index (χ4v) is 2.98. The van der Waals surface area contributed by atoms with E-state index in [4.69, 9.17) is 0 Å². The summed E-state index contributed by atoms with van der Waals surface area (Å²) in [7, 11) is 8.32. The maximum atomic E-state index is 4.23. The Labute approximate surface area is 119 Å². The van der Waals surface area contributed by atoms with E-state index in [9.17, 15) is 0 Å². The zero-order valence-corrected chi connectivity index (χ0v) is 13.2. The average Bonchev–Trinajstić information content (AvgIpc) is 2.30. The number of rotatable bonds is 8. The van der Waals surface area contributed by atoms with Gasteiger partial charge in [0.1, 0.15) is 10.1 Å². The number of hydrogen-bond acceptors (Lipinski definition) is 6. The third-order valence-corrected chi connectivity index (χ3v) is 3.99. The molecule has 0 saturated carbocycles. The minimum atomic E-state index is 1.01. The van der Waals surface area contributed by atoms with Crippen LogP contribution in [0.3, 0.4) is 0 Å². The van der Waals surface area contributed by atoms with E-state index < -0.39 is 0 Å². The SMILES string of the molecule is CN(C)CCSc1ccc(SCCN(C)C)nn1. The van der Waals surface area contributed by atoms with Crippen molar-refractivity contribution in [1.82, 2.24) is 20.0 Å². The van der Waals surface area contributed by atoms with Crippen molar-refractivity contribution in [3.63, 3.8) is 0 Å². The molecule has 1 heterocycles. The maximum absolute atomic E-state index is 4.23. The normalized spacial score (nSPS) is 11.4. The van der Waals surface area contributed by atoms with Crippen molar-refractivity contribution in [3.8, 4) is 0 Å². The molecule has 1 rings (SSSR count). The van der Waals surface area contributed by atoms with Crippen LogP contribution >= 0.6 is 23.5 Å². The summed E-state index contributed by atoms with van der Waals surface area (Å²) in [6.45, 7) is 2.12. The van der Waals surface area contributed by atoms with Gasteiger partial charge in [-0.05, 0) is 40.3 Å². The van der Waals surface area contributed by atoms with Gasteiger partial charge in [0.25, 0.3) is 0 Å². The third kappa shape index (κ3) is 7.20. The average molecular weight is 286 g/mol. The van der Waals surface area contributed by atoms with Gasteiger partial charge < -0.3 is 9.80 Å². The summed E-state index contributed by atoms with van der Waals surface area (Å²) >= 11 is 3.51. The van der Waals surface area contributed by atoms with Gasteiger partial charge in [0.05, 0.1) is 0 Å². The largest absolute Gasteiger partial charge is 0.309 e. The highest BCUT2D eigenvalue weighted by Gasteiger charge is 2.00. The standard InChI is InChI=1S/C12H22N4S2/c1-15(2)7-9-17-11-5-6-12(14-13-11)18-10-8-16(3)4/h5-6H,7-10H2,1-4H3. The van der Waals surface area contributed by atoms with E-state index in [1.165, 1.54) is 0 Å². The Kier molecular flexibility index (Phi) is 7.65. The van der Waals surface area contributed by atoms with Gasteiger partial charge in [-0.3, -0.25) is 0 Å². The van der Waals surface area contributed by atoms with Crippen LogP contribution in [0.5, 0.6) is 0 Å². The smallest absolute Gasteiger partial charge is 0.119 e. The first-order valence-electron chi connectivity index (χ1n) is 5.96. The van der Waals surface area contributed by atoms with E-state index in [1.807, 2.05) is 0 Å². The molecule has 0 fully saturated rings. The molecular weight excluding hydrogens is 264 g/mol. The minimum Gasteiger partial charge on any atom is -0.309 e. The number of hydrogen-bond donors (Lipinski definition) is 0. The molecule has 0 spiro atoms. The zero-order chi connectivity index (χ0) is 13.4. The van der Waals surface area contributed by atoms with Gasteiger partial charge in [0.15, 0.2) is 0 Å². The van der Waals surface area contributed by atoms with Crippen LogP contribution in [0.15, 0.2) is 22.2 Å². The van der Waals surface area contributed by atoms with Crippen molar-refractivity contribution < 1.29 is 0 Å². The molecule has 1 aromatic heterocycles. The van der Waals surface area contributed by atoms with Crippen LogP contribution in [0.25, 0.3) is 0 Å². The van der Waals surface area contributed by atoms with Gasteiger partial charge in [-0.15, -0.1) is 33.7 Å². The molecule has 6 heteroatoms. The molecule has 0 atom stereocenters. The summed E-state index contributed by atoms with van der Waals surface area (Å²) in [6.07, 6.45) is 0. The van der Waals surface area contributed by atoms with Crippen LogP contribution in [0, 0.1) is 0 Å². The molecule has 0 amide bonds. The molecular formula is C12H22N4S2. The lowest BCUT2D eigenvalue weighted by Crippen LogP contribution is -2.15. The van der Waals surface area contributed by atoms with Crippen LogP contribution < -0.4 is 0 Å². The second-order valence-electron chi connectivity index (χ2n) is 4.51. The molecule has 0 bridgehead atoms. The molecule has 1 aromatic rings. The van der Waals surface area contributed by atoms with Gasteiger partial charge in [-0.25, -0.2) is 0 Å². The lowest BCUT2D eigenvalue weighted by atomic mass is 10.6. The monoisotopic (exact) mass is 286 g/mol. The molecule has 0 aliphatic carbocycles. The first kappa shape index (κ1) is 15.8. The zero-order valence-electron chi connectivity index (χ0n) is 11.6. The fraction of sp³-hybridized carbons (Fsp3) is 0.667. The lowest BCUT2D eigenvalue weighted by molar-refractivity contribution is 0.437. The quantitative estimate of drug-likeness (QED) is 0.678. The molecule has 18 heavy (non-hydrogen) atoms. The summed E-state index contributed by atoms with van der Waals surface area (Å²) in [6, 6.07) is 4.12. The second-order valence-corrected chi connectivity index (χ2v) is 6.74. The van der Waals surface area contributed by atoms with E-state index in [2.05, 4.69) is 60.3 Å². The molecule has 0 aliphatic rings. The van der Waals surface area contributed by atoms with Crippen molar-refractivity contribution >= 4 is 23.5 Å². The Morgan fingerprint density at radius 1 is 0.833 bits per heavy atom. The molecule has 0 N–H and O–H groups in total. The minimum absolute atomic E-state index is 1.01. The predicted octanol–water partition coefficient (Wildman–Crippen LogP) is 1.78. The summed E-state index contributed by atoms with van der Waals surface area (Å²) < 4.78 is 0. The fourth-order valence-electron chi connectivity index (χ4n) is 1.13. The lowest BCUT2D eigenvalue weighted by Gasteiger charge is -2.09. The summed E-state index contributed by atoms with van der Waals surface area (Å²) in [5, 5.41) is 10.5. The number of nitrogens with zero attached hydrogens (tertiary/aromatic N) is 4. The third-order valence-electron chi connectivity index (χ3n) is 2.19. The van der Waals surface area contributed by atoms with Gasteiger partial charge in [0.2, 0.25) is 0 Å². The Morgan fingerprint density at radius 3 is 1.50 bits per heavy atom. The maximum Gasteiger partial charge on any atom is 0.119 e. The highest BCUT2D eigenvalue weighted by molar-refractivity contribution is 7.99. The van der Waals surface area contributed by atoms with Crippen LogP contribution in [0.4, 0.5) is 0 Å². The molecule has 102 valence electrons. The van der Waals surface area contributed by atoms with Gasteiger partial charge in [-0.1, -0.05) is 0 Å². The van der Waals surface area contributed by atoms with Gasteiger partial charge in [-0.2, -0.15) is 0 Å². The van der Waals surface area contributed by atoms with Crippen LogP contribution in [-0.4, -0.2) is 72.8 Å². The molecule has 4 nitrogen and oxygen atoms in total. The highest BCUT2D eigenvalue weighted by Crippen LogP contribution is 2.18. The first-order valence-corrected chi connectivity index (χ1v) is 7.94. The Morgan fingerprint density at radius 2 is 1.22 bits per heavy atom. The van der Waals surface area contributed by atoms with Crippen LogP contribution in [-0.2, 0) is 0 Å². The first-order chi connectivity index (χ1) is 8.58.